The van der Waals surface area contributed by atoms with E-state index in [2.05, 4.69) is 13.8 Å². The van der Waals surface area contributed by atoms with Crippen LogP contribution >= 0.6 is 11.8 Å². The molecule has 0 unspecified atom stereocenters. The van der Waals surface area contributed by atoms with E-state index >= 15 is 0 Å². The van der Waals surface area contributed by atoms with Gasteiger partial charge >= 0.3 is 0 Å². The molecule has 2 aliphatic heterocycles. The van der Waals surface area contributed by atoms with Gasteiger partial charge in [0.1, 0.15) is 6.10 Å². The van der Waals surface area contributed by atoms with E-state index < -0.39 is 0 Å². The molecule has 0 radical (unpaired) electrons. The zero-order valence-electron chi connectivity index (χ0n) is 10.6. The molecule has 0 aliphatic carbocycles. The Morgan fingerprint density at radius 1 is 1.53 bits per heavy atom. The molecule has 2 N–H and O–H groups in total. The third kappa shape index (κ3) is 3.14. The third-order valence-corrected chi connectivity index (χ3v) is 4.68. The molecule has 2 saturated heterocycles. The summed E-state index contributed by atoms with van der Waals surface area (Å²) in [5.41, 5.74) is 5.56. The molecule has 98 valence electrons. The number of nitrogens with zero attached hydrogens (tertiary/aromatic N) is 1. The molecule has 1 amide bonds. The van der Waals surface area contributed by atoms with Gasteiger partial charge in [-0.3, -0.25) is 4.79 Å². The van der Waals surface area contributed by atoms with Crippen molar-refractivity contribution in [2.24, 2.45) is 5.73 Å². The van der Waals surface area contributed by atoms with Crippen LogP contribution in [0.3, 0.4) is 0 Å². The number of thioether (sulfide) groups is 1. The first-order valence-electron chi connectivity index (χ1n) is 6.30. The van der Waals surface area contributed by atoms with Crippen LogP contribution in [0.5, 0.6) is 0 Å². The van der Waals surface area contributed by atoms with E-state index in [0.717, 1.165) is 31.7 Å². The predicted octanol–water partition coefficient (Wildman–Crippen LogP) is 0.847. The van der Waals surface area contributed by atoms with Crippen LogP contribution in [-0.2, 0) is 9.53 Å². The van der Waals surface area contributed by atoms with E-state index in [-0.39, 0.29) is 22.9 Å². The Morgan fingerprint density at radius 2 is 2.29 bits per heavy atom. The molecule has 4 nitrogen and oxygen atoms in total. The fraction of sp³-hybridized carbons (Fsp3) is 0.917. The van der Waals surface area contributed by atoms with Crippen molar-refractivity contribution in [3.8, 4) is 0 Å². The lowest BCUT2D eigenvalue weighted by Crippen LogP contribution is -2.49. The Kier molecular flexibility index (Phi) is 4.00. The van der Waals surface area contributed by atoms with Crippen molar-refractivity contribution in [3.05, 3.63) is 0 Å². The Morgan fingerprint density at radius 3 is 2.88 bits per heavy atom. The van der Waals surface area contributed by atoms with E-state index in [1.54, 1.807) is 0 Å². The topological polar surface area (TPSA) is 55.6 Å². The molecular formula is C12H22N2O2S. The van der Waals surface area contributed by atoms with Gasteiger partial charge in [-0.15, -0.1) is 0 Å². The molecule has 17 heavy (non-hydrogen) atoms. The minimum absolute atomic E-state index is 0.0797. The standard InChI is InChI=1S/C12H22N2O2S/c1-12(2)8-14(5-6-17-12)11(15)10-4-3-9(7-13)16-10/h9-10H,3-8,13H2,1-2H3/t9-,10+/m1/s1. The van der Waals surface area contributed by atoms with Gasteiger partial charge in [-0.2, -0.15) is 11.8 Å². The second-order valence-electron chi connectivity index (χ2n) is 5.43. The monoisotopic (exact) mass is 258 g/mol. The third-order valence-electron chi connectivity index (χ3n) is 3.38. The molecule has 2 fully saturated rings. The lowest BCUT2D eigenvalue weighted by molar-refractivity contribution is -0.143. The second-order valence-corrected chi connectivity index (χ2v) is 7.23. The Balaban J connectivity index is 1.92. The highest BCUT2D eigenvalue weighted by atomic mass is 32.2. The average Bonchev–Trinajstić information content (AvgIpc) is 2.75. The Bertz CT molecular complexity index is 296. The molecule has 0 bridgehead atoms. The minimum Gasteiger partial charge on any atom is -0.364 e. The molecule has 0 aromatic carbocycles. The van der Waals surface area contributed by atoms with Crippen LogP contribution in [-0.4, -0.2) is 53.1 Å². The summed E-state index contributed by atoms with van der Waals surface area (Å²) in [5.74, 6) is 1.18. The van der Waals surface area contributed by atoms with Gasteiger partial charge in [-0.05, 0) is 26.7 Å². The van der Waals surface area contributed by atoms with Gasteiger partial charge in [0.15, 0.2) is 0 Å². The second kappa shape index (κ2) is 5.16. The van der Waals surface area contributed by atoms with Crippen LogP contribution in [0, 0.1) is 0 Å². The summed E-state index contributed by atoms with van der Waals surface area (Å²) in [6.45, 7) is 6.57. The molecule has 2 aliphatic rings. The van der Waals surface area contributed by atoms with Gasteiger partial charge in [0.05, 0.1) is 6.10 Å². The van der Waals surface area contributed by atoms with E-state index in [0.29, 0.717) is 6.54 Å². The van der Waals surface area contributed by atoms with Gasteiger partial charge in [-0.25, -0.2) is 0 Å². The van der Waals surface area contributed by atoms with E-state index in [4.69, 9.17) is 10.5 Å². The molecule has 2 heterocycles. The largest absolute Gasteiger partial charge is 0.364 e. The Labute approximate surface area is 107 Å². The van der Waals surface area contributed by atoms with Gasteiger partial charge in [0.2, 0.25) is 0 Å². The molecular weight excluding hydrogens is 236 g/mol. The SMILES string of the molecule is CC1(C)CN(C(=O)[C@@H]2CC[C@H](CN)O2)CCS1. The van der Waals surface area contributed by atoms with Crippen LogP contribution in [0.4, 0.5) is 0 Å². The lowest BCUT2D eigenvalue weighted by atomic mass is 10.1. The number of hydrogen-bond donors (Lipinski definition) is 1. The van der Waals surface area contributed by atoms with Crippen molar-refractivity contribution in [3.63, 3.8) is 0 Å². The summed E-state index contributed by atoms with van der Waals surface area (Å²) < 4.78 is 5.84. The van der Waals surface area contributed by atoms with Gasteiger partial charge < -0.3 is 15.4 Å². The highest BCUT2D eigenvalue weighted by Crippen LogP contribution is 2.31. The highest BCUT2D eigenvalue weighted by molar-refractivity contribution is 8.00. The number of nitrogens with two attached hydrogens (primary N) is 1. The molecule has 0 aromatic heterocycles. The first kappa shape index (κ1) is 13.2. The van der Waals surface area contributed by atoms with Crippen LogP contribution in [0.15, 0.2) is 0 Å². The summed E-state index contributed by atoms with van der Waals surface area (Å²) in [4.78, 5) is 14.3. The van der Waals surface area contributed by atoms with Crippen LogP contribution in [0.2, 0.25) is 0 Å². The number of rotatable bonds is 2. The maximum absolute atomic E-state index is 12.3. The number of carbonyl (C=O) groups excluding carboxylic acids is 1. The summed E-state index contributed by atoms with van der Waals surface area (Å²) in [5, 5.41) is 0. The number of hydrogen-bond acceptors (Lipinski definition) is 4. The molecule has 2 rings (SSSR count). The van der Waals surface area contributed by atoms with Gasteiger partial charge in [0, 0.05) is 30.1 Å². The van der Waals surface area contributed by atoms with Crippen LogP contribution < -0.4 is 5.73 Å². The lowest BCUT2D eigenvalue weighted by Gasteiger charge is -2.38. The van der Waals surface area contributed by atoms with Crippen molar-refractivity contribution in [2.45, 2.75) is 43.6 Å². The molecule has 5 heteroatoms. The average molecular weight is 258 g/mol. The van der Waals surface area contributed by atoms with Gasteiger partial charge in [0.25, 0.3) is 5.91 Å². The molecule has 2 atom stereocenters. The van der Waals surface area contributed by atoms with Crippen molar-refractivity contribution >= 4 is 17.7 Å². The molecule has 0 aromatic rings. The summed E-state index contributed by atoms with van der Waals surface area (Å²) in [6, 6.07) is 0. The molecule has 0 saturated carbocycles. The van der Waals surface area contributed by atoms with Crippen molar-refractivity contribution < 1.29 is 9.53 Å². The smallest absolute Gasteiger partial charge is 0.251 e. The normalized spacial score (nSPS) is 32.8. The number of carbonyl (C=O) groups is 1. The van der Waals surface area contributed by atoms with Crippen molar-refractivity contribution in [1.82, 2.24) is 4.90 Å². The zero-order chi connectivity index (χ0) is 12.5. The van der Waals surface area contributed by atoms with Crippen molar-refractivity contribution in [1.29, 1.82) is 0 Å². The van der Waals surface area contributed by atoms with Crippen LogP contribution in [0.25, 0.3) is 0 Å². The number of ether oxygens (including phenoxy) is 1. The summed E-state index contributed by atoms with van der Waals surface area (Å²) >= 11 is 1.93. The fourth-order valence-electron chi connectivity index (χ4n) is 2.47. The van der Waals surface area contributed by atoms with E-state index in [9.17, 15) is 4.79 Å². The zero-order valence-corrected chi connectivity index (χ0v) is 11.5. The molecule has 0 spiro atoms. The predicted molar refractivity (Wildman–Crippen MR) is 70.1 cm³/mol. The quantitative estimate of drug-likeness (QED) is 0.798. The fourth-order valence-corrected chi connectivity index (χ4v) is 3.58. The highest BCUT2D eigenvalue weighted by Gasteiger charge is 2.36. The maximum Gasteiger partial charge on any atom is 0.251 e. The van der Waals surface area contributed by atoms with E-state index in [1.807, 2.05) is 16.7 Å². The first-order chi connectivity index (χ1) is 8.02. The summed E-state index contributed by atoms with van der Waals surface area (Å²) in [6.07, 6.45) is 1.57. The maximum atomic E-state index is 12.3. The first-order valence-corrected chi connectivity index (χ1v) is 7.29. The summed E-state index contributed by atoms with van der Waals surface area (Å²) in [7, 11) is 0. The Hall–Kier alpha value is -0.260. The van der Waals surface area contributed by atoms with Crippen molar-refractivity contribution in [2.75, 3.05) is 25.4 Å². The minimum atomic E-state index is -0.248. The van der Waals surface area contributed by atoms with Gasteiger partial charge in [-0.1, -0.05) is 0 Å². The number of amides is 1. The van der Waals surface area contributed by atoms with Crippen LogP contribution in [0.1, 0.15) is 26.7 Å². The van der Waals surface area contributed by atoms with E-state index in [1.165, 1.54) is 0 Å².